The van der Waals surface area contributed by atoms with Gasteiger partial charge in [0.1, 0.15) is 11.9 Å². The Hall–Kier alpha value is -1.44. The highest BCUT2D eigenvalue weighted by molar-refractivity contribution is 5.37. The normalized spacial score (nSPS) is 14.1. The third-order valence-corrected chi connectivity index (χ3v) is 2.74. The molecule has 0 spiro atoms. The number of nitrogens with two attached hydrogens (primary N) is 1. The van der Waals surface area contributed by atoms with Crippen molar-refractivity contribution >= 4 is 0 Å². The van der Waals surface area contributed by atoms with E-state index in [1.807, 2.05) is 0 Å². The smallest absolute Gasteiger partial charge is 0.416 e. The Morgan fingerprint density at radius 1 is 1.00 bits per heavy atom. The molecule has 1 unspecified atom stereocenters. The van der Waals surface area contributed by atoms with E-state index >= 15 is 0 Å². The van der Waals surface area contributed by atoms with E-state index < -0.39 is 35.3 Å². The van der Waals surface area contributed by atoms with Crippen LogP contribution < -0.4 is 10.5 Å². The molecule has 1 rings (SSSR count). The minimum Gasteiger partial charge on any atom is -0.489 e. The van der Waals surface area contributed by atoms with Gasteiger partial charge in [-0.2, -0.15) is 26.3 Å². The lowest BCUT2D eigenvalue weighted by Crippen LogP contribution is -2.26. The lowest BCUT2D eigenvalue weighted by molar-refractivity contribution is -0.143. The molecule has 0 radical (unpaired) electrons. The number of hydrogen-bond acceptors (Lipinski definition) is 2. The van der Waals surface area contributed by atoms with Gasteiger partial charge in [0.25, 0.3) is 0 Å². The Balaban J connectivity index is 3.19. The van der Waals surface area contributed by atoms with Gasteiger partial charge in [0.05, 0.1) is 11.1 Å². The fourth-order valence-corrected chi connectivity index (χ4v) is 1.73. The molecule has 0 aliphatic heterocycles. The number of rotatable bonds is 5. The standard InChI is InChI=1S/C13H15F6NO/c1-2-3-10(7-20)21-11-5-8(12(14,15)16)4-9(6-11)13(17,18)19/h4-6,10H,2-3,7,20H2,1H3. The molecule has 1 aromatic rings. The fourth-order valence-electron chi connectivity index (χ4n) is 1.73. The zero-order valence-electron chi connectivity index (χ0n) is 11.2. The topological polar surface area (TPSA) is 35.2 Å². The van der Waals surface area contributed by atoms with Crippen molar-refractivity contribution in [3.63, 3.8) is 0 Å². The number of ether oxygens (including phenoxy) is 1. The molecule has 0 fully saturated rings. The van der Waals surface area contributed by atoms with Crippen molar-refractivity contribution in [3.8, 4) is 5.75 Å². The highest BCUT2D eigenvalue weighted by atomic mass is 19.4. The number of alkyl halides is 6. The second-order valence-corrected chi connectivity index (χ2v) is 4.51. The summed E-state index contributed by atoms with van der Waals surface area (Å²) in [4.78, 5) is 0. The molecule has 21 heavy (non-hydrogen) atoms. The molecule has 0 aliphatic carbocycles. The van der Waals surface area contributed by atoms with E-state index in [0.29, 0.717) is 25.0 Å². The fraction of sp³-hybridized carbons (Fsp3) is 0.538. The van der Waals surface area contributed by atoms with Crippen LogP contribution in [0.2, 0.25) is 0 Å². The van der Waals surface area contributed by atoms with Crippen molar-refractivity contribution in [2.75, 3.05) is 6.54 Å². The molecule has 8 heteroatoms. The molecule has 0 bridgehead atoms. The van der Waals surface area contributed by atoms with Crippen molar-refractivity contribution in [1.82, 2.24) is 0 Å². The van der Waals surface area contributed by atoms with Crippen LogP contribution in [0.5, 0.6) is 5.75 Å². The number of halogens is 6. The van der Waals surface area contributed by atoms with Crippen LogP contribution in [0.15, 0.2) is 18.2 Å². The van der Waals surface area contributed by atoms with Crippen LogP contribution in [-0.2, 0) is 12.4 Å². The highest BCUT2D eigenvalue weighted by Gasteiger charge is 2.37. The van der Waals surface area contributed by atoms with Gasteiger partial charge in [-0.15, -0.1) is 0 Å². The third-order valence-electron chi connectivity index (χ3n) is 2.74. The quantitative estimate of drug-likeness (QED) is 0.825. The van der Waals surface area contributed by atoms with Crippen LogP contribution in [0, 0.1) is 0 Å². The largest absolute Gasteiger partial charge is 0.489 e. The zero-order valence-corrected chi connectivity index (χ0v) is 11.2. The van der Waals surface area contributed by atoms with Gasteiger partial charge >= 0.3 is 12.4 Å². The lowest BCUT2D eigenvalue weighted by atomic mass is 10.1. The molecule has 0 aliphatic rings. The van der Waals surface area contributed by atoms with Crippen molar-refractivity contribution in [2.45, 2.75) is 38.2 Å². The summed E-state index contributed by atoms with van der Waals surface area (Å²) >= 11 is 0. The molecule has 2 nitrogen and oxygen atoms in total. The van der Waals surface area contributed by atoms with Gasteiger partial charge in [-0.3, -0.25) is 0 Å². The first kappa shape index (κ1) is 17.6. The lowest BCUT2D eigenvalue weighted by Gasteiger charge is -2.19. The molecule has 0 aromatic heterocycles. The van der Waals surface area contributed by atoms with Crippen LogP contribution in [0.3, 0.4) is 0 Å². The summed E-state index contributed by atoms with van der Waals surface area (Å²) in [6.45, 7) is 1.81. The number of benzene rings is 1. The first-order valence-electron chi connectivity index (χ1n) is 6.24. The van der Waals surface area contributed by atoms with E-state index in [2.05, 4.69) is 0 Å². The van der Waals surface area contributed by atoms with Gasteiger partial charge in [0.2, 0.25) is 0 Å². The Bertz CT molecular complexity index is 436. The van der Waals surface area contributed by atoms with Crippen molar-refractivity contribution < 1.29 is 31.1 Å². The molecule has 0 amide bonds. The number of hydrogen-bond donors (Lipinski definition) is 1. The predicted molar refractivity (Wildman–Crippen MR) is 64.8 cm³/mol. The molecular weight excluding hydrogens is 300 g/mol. The van der Waals surface area contributed by atoms with Crippen molar-refractivity contribution in [1.29, 1.82) is 0 Å². The van der Waals surface area contributed by atoms with Gasteiger partial charge in [-0.25, -0.2) is 0 Å². The van der Waals surface area contributed by atoms with Gasteiger partial charge in [0, 0.05) is 6.54 Å². The summed E-state index contributed by atoms with van der Waals surface area (Å²) in [5.74, 6) is -0.485. The van der Waals surface area contributed by atoms with Crippen molar-refractivity contribution in [2.24, 2.45) is 5.73 Å². The predicted octanol–water partition coefficient (Wildman–Crippen LogP) is 4.23. The van der Waals surface area contributed by atoms with Crippen LogP contribution in [0.1, 0.15) is 30.9 Å². The van der Waals surface area contributed by atoms with E-state index in [-0.39, 0.29) is 12.6 Å². The van der Waals surface area contributed by atoms with Gasteiger partial charge < -0.3 is 10.5 Å². The monoisotopic (exact) mass is 315 g/mol. The first-order valence-corrected chi connectivity index (χ1v) is 6.24. The molecule has 0 saturated heterocycles. The second kappa shape index (κ2) is 6.55. The molecular formula is C13H15F6NO. The Morgan fingerprint density at radius 2 is 1.48 bits per heavy atom. The van der Waals surface area contributed by atoms with Crippen LogP contribution in [0.4, 0.5) is 26.3 Å². The summed E-state index contributed by atoms with van der Waals surface area (Å²) in [6.07, 6.45) is -9.31. The van der Waals surface area contributed by atoms with Crippen LogP contribution in [0.25, 0.3) is 0 Å². The zero-order chi connectivity index (χ0) is 16.3. The molecule has 0 heterocycles. The first-order chi connectivity index (χ1) is 9.57. The average Bonchev–Trinajstić information content (AvgIpc) is 2.35. The van der Waals surface area contributed by atoms with Gasteiger partial charge in [-0.05, 0) is 24.6 Å². The molecule has 0 saturated carbocycles. The minimum absolute atomic E-state index is 0.00539. The summed E-state index contributed by atoms with van der Waals surface area (Å²) < 4.78 is 81.1. The Kier molecular flexibility index (Phi) is 5.49. The molecule has 120 valence electrons. The summed E-state index contributed by atoms with van der Waals surface area (Å²) in [7, 11) is 0. The Labute approximate surface area is 117 Å². The van der Waals surface area contributed by atoms with E-state index in [4.69, 9.17) is 10.5 Å². The third kappa shape index (κ3) is 5.11. The van der Waals surface area contributed by atoms with E-state index in [1.165, 1.54) is 0 Å². The second-order valence-electron chi connectivity index (χ2n) is 4.51. The SMILES string of the molecule is CCCC(CN)Oc1cc(C(F)(F)F)cc(C(F)(F)F)c1. The van der Waals surface area contributed by atoms with Crippen molar-refractivity contribution in [3.05, 3.63) is 29.3 Å². The Morgan fingerprint density at radius 3 is 1.81 bits per heavy atom. The minimum atomic E-state index is -4.89. The maximum Gasteiger partial charge on any atom is 0.416 e. The summed E-state index contributed by atoms with van der Waals surface area (Å²) in [5, 5.41) is 0. The maximum absolute atomic E-state index is 12.7. The molecule has 1 aromatic carbocycles. The van der Waals surface area contributed by atoms with Gasteiger partial charge in [0.15, 0.2) is 0 Å². The van der Waals surface area contributed by atoms with Crippen LogP contribution >= 0.6 is 0 Å². The summed E-state index contributed by atoms with van der Waals surface area (Å²) in [6, 6.07) is 1.16. The highest BCUT2D eigenvalue weighted by Crippen LogP contribution is 2.38. The maximum atomic E-state index is 12.7. The molecule has 1 atom stereocenters. The average molecular weight is 315 g/mol. The van der Waals surface area contributed by atoms with Crippen LogP contribution in [-0.4, -0.2) is 12.6 Å². The van der Waals surface area contributed by atoms with Gasteiger partial charge in [-0.1, -0.05) is 13.3 Å². The molecule has 2 N–H and O–H groups in total. The summed E-state index contributed by atoms with van der Waals surface area (Å²) in [5.41, 5.74) is 2.58. The van der Waals surface area contributed by atoms with E-state index in [1.54, 1.807) is 6.92 Å². The van der Waals surface area contributed by atoms with E-state index in [9.17, 15) is 26.3 Å². The van der Waals surface area contributed by atoms with E-state index in [0.717, 1.165) is 0 Å².